The Balaban J connectivity index is 1.94. The predicted molar refractivity (Wildman–Crippen MR) is 71.0 cm³/mol. The van der Waals surface area contributed by atoms with E-state index in [-0.39, 0.29) is 5.91 Å². The molecule has 0 aliphatic carbocycles. The Morgan fingerprint density at radius 2 is 2.39 bits per heavy atom. The molecule has 0 bridgehead atoms. The van der Waals surface area contributed by atoms with Crippen molar-refractivity contribution >= 4 is 16.9 Å². The third kappa shape index (κ3) is 3.07. The number of nitrogens with two attached hydrogens (primary N) is 1. The van der Waals surface area contributed by atoms with Crippen molar-refractivity contribution < 1.29 is 4.79 Å². The second-order valence-electron chi connectivity index (χ2n) is 4.58. The number of H-pyrrole nitrogens is 1. The average molecular weight is 246 g/mol. The fourth-order valence-corrected chi connectivity index (χ4v) is 1.71. The number of carbonyl (C=O) groups is 1. The molecule has 96 valence electrons. The lowest BCUT2D eigenvalue weighted by atomic mass is 10.1. The molecule has 1 unspecified atom stereocenters. The van der Waals surface area contributed by atoms with Crippen molar-refractivity contribution in [2.24, 2.45) is 11.7 Å². The van der Waals surface area contributed by atoms with Crippen LogP contribution >= 0.6 is 0 Å². The molecule has 1 aromatic carbocycles. The molecule has 1 amide bonds. The maximum atomic E-state index is 11.7. The molecule has 1 aromatic heterocycles. The highest BCUT2D eigenvalue weighted by Gasteiger charge is 2.06. The largest absolute Gasteiger partial charge is 0.356 e. The smallest absolute Gasteiger partial charge is 0.224 e. The lowest BCUT2D eigenvalue weighted by molar-refractivity contribution is -0.120. The molecule has 0 fully saturated rings. The fraction of sp³-hybridized carbons (Fsp3) is 0.385. The molecule has 0 saturated heterocycles. The molecule has 1 heterocycles. The number of carbonyl (C=O) groups excluding carboxylic acids is 1. The van der Waals surface area contributed by atoms with Crippen molar-refractivity contribution in [2.75, 3.05) is 13.1 Å². The van der Waals surface area contributed by atoms with Gasteiger partial charge in [0, 0.05) is 6.54 Å². The number of hydrogen-bond donors (Lipinski definition) is 3. The first-order valence-corrected chi connectivity index (χ1v) is 6.08. The summed E-state index contributed by atoms with van der Waals surface area (Å²) in [5, 5.41) is 2.88. The van der Waals surface area contributed by atoms with Crippen LogP contribution in [0.25, 0.3) is 11.0 Å². The molecule has 0 saturated carbocycles. The van der Waals surface area contributed by atoms with Crippen LogP contribution < -0.4 is 11.1 Å². The van der Waals surface area contributed by atoms with Crippen molar-refractivity contribution in [3.63, 3.8) is 0 Å². The number of hydrogen-bond acceptors (Lipinski definition) is 3. The number of benzene rings is 1. The standard InChI is InChI=1S/C13H18N4O/c1-9(6-14)7-15-13(18)5-10-2-3-11-12(4-10)17-8-16-11/h2-4,8-9H,5-7,14H2,1H3,(H,15,18)(H,16,17). The Kier molecular flexibility index (Phi) is 3.94. The molecule has 0 spiro atoms. The normalized spacial score (nSPS) is 12.6. The SMILES string of the molecule is CC(CN)CNC(=O)Cc1ccc2nc[nH]c2c1. The molecule has 18 heavy (non-hydrogen) atoms. The Hall–Kier alpha value is -1.88. The van der Waals surface area contributed by atoms with Gasteiger partial charge in [0.1, 0.15) is 0 Å². The van der Waals surface area contributed by atoms with E-state index in [0.29, 0.717) is 25.4 Å². The van der Waals surface area contributed by atoms with Crippen LogP contribution in [0.5, 0.6) is 0 Å². The highest BCUT2D eigenvalue weighted by molar-refractivity contribution is 5.81. The Morgan fingerprint density at radius 3 is 3.17 bits per heavy atom. The maximum Gasteiger partial charge on any atom is 0.224 e. The number of rotatable bonds is 5. The van der Waals surface area contributed by atoms with Gasteiger partial charge in [0.05, 0.1) is 23.8 Å². The van der Waals surface area contributed by atoms with E-state index in [1.807, 2.05) is 25.1 Å². The van der Waals surface area contributed by atoms with Gasteiger partial charge in [-0.05, 0) is 30.2 Å². The lowest BCUT2D eigenvalue weighted by Gasteiger charge is -2.10. The average Bonchev–Trinajstić information content (AvgIpc) is 2.83. The van der Waals surface area contributed by atoms with Crippen molar-refractivity contribution in [1.29, 1.82) is 0 Å². The van der Waals surface area contributed by atoms with Gasteiger partial charge in [0.25, 0.3) is 0 Å². The first-order chi connectivity index (χ1) is 8.69. The summed E-state index contributed by atoms with van der Waals surface area (Å²) >= 11 is 0. The number of amides is 1. The van der Waals surface area contributed by atoms with Crippen LogP contribution in [0.2, 0.25) is 0 Å². The lowest BCUT2D eigenvalue weighted by Crippen LogP contribution is -2.32. The first-order valence-electron chi connectivity index (χ1n) is 6.08. The van der Waals surface area contributed by atoms with Gasteiger partial charge >= 0.3 is 0 Å². The summed E-state index contributed by atoms with van der Waals surface area (Å²) in [5.41, 5.74) is 8.34. The van der Waals surface area contributed by atoms with Crippen LogP contribution in [0.1, 0.15) is 12.5 Å². The number of nitrogens with zero attached hydrogens (tertiary/aromatic N) is 1. The molecule has 0 aliphatic rings. The van der Waals surface area contributed by atoms with Gasteiger partial charge in [-0.2, -0.15) is 0 Å². The van der Waals surface area contributed by atoms with Crippen LogP contribution in [-0.2, 0) is 11.2 Å². The second kappa shape index (κ2) is 5.64. The van der Waals surface area contributed by atoms with Gasteiger partial charge in [-0.15, -0.1) is 0 Å². The zero-order valence-corrected chi connectivity index (χ0v) is 10.4. The van der Waals surface area contributed by atoms with Crippen molar-refractivity contribution in [3.8, 4) is 0 Å². The number of aromatic amines is 1. The third-order valence-electron chi connectivity index (χ3n) is 2.90. The molecular formula is C13H18N4O. The van der Waals surface area contributed by atoms with Gasteiger partial charge in [0.15, 0.2) is 0 Å². The topological polar surface area (TPSA) is 83.8 Å². The Morgan fingerprint density at radius 1 is 1.56 bits per heavy atom. The second-order valence-corrected chi connectivity index (χ2v) is 4.58. The highest BCUT2D eigenvalue weighted by atomic mass is 16.1. The van der Waals surface area contributed by atoms with E-state index in [2.05, 4.69) is 15.3 Å². The van der Waals surface area contributed by atoms with Gasteiger partial charge in [-0.3, -0.25) is 4.79 Å². The van der Waals surface area contributed by atoms with Crippen LogP contribution in [-0.4, -0.2) is 29.0 Å². The van der Waals surface area contributed by atoms with E-state index in [0.717, 1.165) is 16.6 Å². The zero-order chi connectivity index (χ0) is 13.0. The molecule has 5 nitrogen and oxygen atoms in total. The maximum absolute atomic E-state index is 11.7. The van der Waals surface area contributed by atoms with E-state index in [1.165, 1.54) is 0 Å². The van der Waals surface area contributed by atoms with Gasteiger partial charge < -0.3 is 16.0 Å². The first kappa shape index (κ1) is 12.6. The molecule has 1 atom stereocenters. The minimum absolute atomic E-state index is 0.0224. The van der Waals surface area contributed by atoms with Gasteiger partial charge in [-0.1, -0.05) is 13.0 Å². The van der Waals surface area contributed by atoms with Crippen LogP contribution in [0.4, 0.5) is 0 Å². The minimum Gasteiger partial charge on any atom is -0.356 e. The summed E-state index contributed by atoms with van der Waals surface area (Å²) in [7, 11) is 0. The Bertz CT molecular complexity index is 535. The van der Waals surface area contributed by atoms with E-state index < -0.39 is 0 Å². The molecular weight excluding hydrogens is 228 g/mol. The fourth-order valence-electron chi connectivity index (χ4n) is 1.71. The summed E-state index contributed by atoms with van der Waals surface area (Å²) in [6.07, 6.45) is 2.03. The zero-order valence-electron chi connectivity index (χ0n) is 10.4. The van der Waals surface area contributed by atoms with E-state index >= 15 is 0 Å². The predicted octanol–water partition coefficient (Wildman–Crippen LogP) is 0.816. The summed E-state index contributed by atoms with van der Waals surface area (Å²) in [6, 6.07) is 5.79. The van der Waals surface area contributed by atoms with E-state index in [1.54, 1.807) is 6.33 Å². The van der Waals surface area contributed by atoms with Gasteiger partial charge in [0.2, 0.25) is 5.91 Å². The number of aromatic nitrogens is 2. The molecule has 0 aliphatic heterocycles. The molecule has 2 aromatic rings. The van der Waals surface area contributed by atoms with Gasteiger partial charge in [-0.25, -0.2) is 4.98 Å². The highest BCUT2D eigenvalue weighted by Crippen LogP contribution is 2.11. The van der Waals surface area contributed by atoms with Crippen molar-refractivity contribution in [1.82, 2.24) is 15.3 Å². The quantitative estimate of drug-likeness (QED) is 0.730. The number of fused-ring (bicyclic) bond motifs is 1. The van der Waals surface area contributed by atoms with E-state index in [4.69, 9.17) is 5.73 Å². The number of imidazole rings is 1. The van der Waals surface area contributed by atoms with Crippen LogP contribution in [0.15, 0.2) is 24.5 Å². The van der Waals surface area contributed by atoms with E-state index in [9.17, 15) is 4.79 Å². The summed E-state index contributed by atoms with van der Waals surface area (Å²) < 4.78 is 0. The summed E-state index contributed by atoms with van der Waals surface area (Å²) in [6.45, 7) is 3.22. The van der Waals surface area contributed by atoms with Crippen LogP contribution in [0, 0.1) is 5.92 Å². The van der Waals surface area contributed by atoms with Crippen molar-refractivity contribution in [2.45, 2.75) is 13.3 Å². The monoisotopic (exact) mass is 246 g/mol. The third-order valence-corrected chi connectivity index (χ3v) is 2.90. The number of nitrogens with one attached hydrogen (secondary N) is 2. The molecule has 0 radical (unpaired) electrons. The molecule has 2 rings (SSSR count). The molecule has 4 N–H and O–H groups in total. The van der Waals surface area contributed by atoms with Crippen molar-refractivity contribution in [3.05, 3.63) is 30.1 Å². The minimum atomic E-state index is 0.0224. The Labute approximate surface area is 106 Å². The van der Waals surface area contributed by atoms with Crippen LogP contribution in [0.3, 0.4) is 0 Å². The summed E-state index contributed by atoms with van der Waals surface area (Å²) in [5.74, 6) is 0.332. The molecule has 5 heteroatoms. The summed E-state index contributed by atoms with van der Waals surface area (Å²) in [4.78, 5) is 18.9.